The number of rotatable bonds is 6. The van der Waals surface area contributed by atoms with Crippen LogP contribution in [0.25, 0.3) is 0 Å². The highest BCUT2D eigenvalue weighted by atomic mass is 16.5. The Labute approximate surface area is 130 Å². The molecule has 0 bridgehead atoms. The molecule has 5 heteroatoms. The SMILES string of the molecule is CCn1nc(C(N)c2ccc(OCC(C)C)cc2)ccc1=O. The second-order valence-electron chi connectivity index (χ2n) is 5.66. The van der Waals surface area contributed by atoms with E-state index in [1.165, 1.54) is 10.7 Å². The molecule has 1 aromatic heterocycles. The van der Waals surface area contributed by atoms with Gasteiger partial charge in [-0.2, -0.15) is 5.10 Å². The summed E-state index contributed by atoms with van der Waals surface area (Å²) in [5.74, 6) is 1.32. The van der Waals surface area contributed by atoms with Crippen LogP contribution in [0.4, 0.5) is 0 Å². The Morgan fingerprint density at radius 1 is 1.18 bits per heavy atom. The molecule has 118 valence electrons. The summed E-state index contributed by atoms with van der Waals surface area (Å²) < 4.78 is 7.07. The predicted molar refractivity (Wildman–Crippen MR) is 87.0 cm³/mol. The summed E-state index contributed by atoms with van der Waals surface area (Å²) in [6.45, 7) is 7.32. The molecule has 0 saturated heterocycles. The molecule has 0 fully saturated rings. The lowest BCUT2D eigenvalue weighted by atomic mass is 10.0. The fourth-order valence-electron chi connectivity index (χ4n) is 2.06. The highest BCUT2D eigenvalue weighted by Crippen LogP contribution is 2.20. The highest BCUT2D eigenvalue weighted by molar-refractivity contribution is 5.32. The normalized spacial score (nSPS) is 12.4. The minimum absolute atomic E-state index is 0.115. The molecule has 0 radical (unpaired) electrons. The van der Waals surface area contributed by atoms with Gasteiger partial charge in [0.1, 0.15) is 5.75 Å². The van der Waals surface area contributed by atoms with Gasteiger partial charge in [0.25, 0.3) is 5.56 Å². The third kappa shape index (κ3) is 3.95. The number of hydrogen-bond donors (Lipinski definition) is 1. The van der Waals surface area contributed by atoms with E-state index in [0.29, 0.717) is 24.8 Å². The zero-order valence-electron chi connectivity index (χ0n) is 13.3. The number of benzene rings is 1. The number of nitrogens with two attached hydrogens (primary N) is 1. The lowest BCUT2D eigenvalue weighted by Gasteiger charge is -2.14. The van der Waals surface area contributed by atoms with Crippen molar-refractivity contribution in [3.05, 3.63) is 58.0 Å². The van der Waals surface area contributed by atoms with Crippen LogP contribution in [0.5, 0.6) is 5.75 Å². The van der Waals surface area contributed by atoms with E-state index in [1.807, 2.05) is 31.2 Å². The lowest BCUT2D eigenvalue weighted by molar-refractivity contribution is 0.271. The molecule has 0 saturated carbocycles. The first-order valence-corrected chi connectivity index (χ1v) is 7.57. The van der Waals surface area contributed by atoms with Crippen molar-refractivity contribution in [1.82, 2.24) is 9.78 Å². The van der Waals surface area contributed by atoms with Crippen LogP contribution in [0.1, 0.15) is 38.1 Å². The van der Waals surface area contributed by atoms with E-state index in [4.69, 9.17) is 10.5 Å². The van der Waals surface area contributed by atoms with Crippen LogP contribution in [0, 0.1) is 5.92 Å². The summed E-state index contributed by atoms with van der Waals surface area (Å²) in [6, 6.07) is 10.5. The van der Waals surface area contributed by atoms with Crippen LogP contribution >= 0.6 is 0 Å². The van der Waals surface area contributed by atoms with Crippen molar-refractivity contribution in [3.8, 4) is 5.75 Å². The van der Waals surface area contributed by atoms with Gasteiger partial charge in [-0.05, 0) is 36.6 Å². The summed E-state index contributed by atoms with van der Waals surface area (Å²) in [7, 11) is 0. The quantitative estimate of drug-likeness (QED) is 0.889. The number of aromatic nitrogens is 2. The summed E-state index contributed by atoms with van der Waals surface area (Å²) in [4.78, 5) is 11.6. The van der Waals surface area contributed by atoms with Crippen molar-refractivity contribution in [1.29, 1.82) is 0 Å². The Bertz CT molecular complexity index is 662. The smallest absolute Gasteiger partial charge is 0.266 e. The minimum atomic E-state index is -0.363. The zero-order valence-corrected chi connectivity index (χ0v) is 13.3. The maximum Gasteiger partial charge on any atom is 0.266 e. The fourth-order valence-corrected chi connectivity index (χ4v) is 2.06. The Balaban J connectivity index is 2.15. The highest BCUT2D eigenvalue weighted by Gasteiger charge is 2.12. The van der Waals surface area contributed by atoms with Gasteiger partial charge in [0.05, 0.1) is 18.3 Å². The largest absolute Gasteiger partial charge is 0.493 e. The predicted octanol–water partition coefficient (Wildman–Crippen LogP) is 2.35. The van der Waals surface area contributed by atoms with E-state index in [-0.39, 0.29) is 11.6 Å². The van der Waals surface area contributed by atoms with Crippen molar-refractivity contribution in [2.45, 2.75) is 33.4 Å². The van der Waals surface area contributed by atoms with Crippen molar-refractivity contribution < 1.29 is 4.74 Å². The van der Waals surface area contributed by atoms with E-state index in [2.05, 4.69) is 18.9 Å². The fraction of sp³-hybridized carbons (Fsp3) is 0.412. The van der Waals surface area contributed by atoms with Crippen LogP contribution in [-0.4, -0.2) is 16.4 Å². The molecule has 5 nitrogen and oxygen atoms in total. The van der Waals surface area contributed by atoms with Gasteiger partial charge in [-0.15, -0.1) is 0 Å². The van der Waals surface area contributed by atoms with E-state index in [0.717, 1.165) is 11.3 Å². The molecular weight excluding hydrogens is 278 g/mol. The van der Waals surface area contributed by atoms with Crippen molar-refractivity contribution in [3.63, 3.8) is 0 Å². The third-order valence-electron chi connectivity index (χ3n) is 3.33. The molecule has 0 aliphatic heterocycles. The van der Waals surface area contributed by atoms with Gasteiger partial charge in [-0.3, -0.25) is 4.79 Å². The summed E-state index contributed by atoms with van der Waals surface area (Å²) in [5.41, 5.74) is 7.74. The average molecular weight is 301 g/mol. The molecule has 1 heterocycles. The van der Waals surface area contributed by atoms with Crippen LogP contribution in [0.15, 0.2) is 41.2 Å². The molecule has 1 atom stereocenters. The molecule has 0 amide bonds. The van der Waals surface area contributed by atoms with Gasteiger partial charge in [0.2, 0.25) is 0 Å². The zero-order chi connectivity index (χ0) is 16.1. The third-order valence-corrected chi connectivity index (χ3v) is 3.33. The Kier molecular flexibility index (Phi) is 5.33. The van der Waals surface area contributed by atoms with Crippen molar-refractivity contribution in [2.24, 2.45) is 11.7 Å². The number of hydrogen-bond acceptors (Lipinski definition) is 4. The van der Waals surface area contributed by atoms with Crippen molar-refractivity contribution in [2.75, 3.05) is 6.61 Å². The molecule has 22 heavy (non-hydrogen) atoms. The van der Waals surface area contributed by atoms with Crippen LogP contribution in [0.2, 0.25) is 0 Å². The Morgan fingerprint density at radius 2 is 1.86 bits per heavy atom. The van der Waals surface area contributed by atoms with Gasteiger partial charge in [-0.1, -0.05) is 26.0 Å². The summed E-state index contributed by atoms with van der Waals surface area (Å²) in [6.07, 6.45) is 0. The molecule has 2 N–H and O–H groups in total. The Morgan fingerprint density at radius 3 is 2.45 bits per heavy atom. The van der Waals surface area contributed by atoms with E-state index in [9.17, 15) is 4.79 Å². The van der Waals surface area contributed by atoms with Crippen molar-refractivity contribution >= 4 is 0 Å². The molecule has 0 aliphatic carbocycles. The van der Waals surface area contributed by atoms with E-state index >= 15 is 0 Å². The molecular formula is C17H23N3O2. The topological polar surface area (TPSA) is 70.1 Å². The lowest BCUT2D eigenvalue weighted by Crippen LogP contribution is -2.25. The van der Waals surface area contributed by atoms with E-state index < -0.39 is 0 Å². The summed E-state index contributed by atoms with van der Waals surface area (Å²) >= 11 is 0. The monoisotopic (exact) mass is 301 g/mol. The molecule has 1 aromatic carbocycles. The maximum atomic E-state index is 11.6. The number of nitrogens with zero attached hydrogens (tertiary/aromatic N) is 2. The molecule has 1 unspecified atom stereocenters. The average Bonchev–Trinajstić information content (AvgIpc) is 2.53. The second-order valence-corrected chi connectivity index (χ2v) is 5.66. The first-order valence-electron chi connectivity index (χ1n) is 7.57. The summed E-state index contributed by atoms with van der Waals surface area (Å²) in [5, 5.41) is 4.30. The van der Waals surface area contributed by atoms with E-state index in [1.54, 1.807) is 6.07 Å². The van der Waals surface area contributed by atoms with Gasteiger partial charge in [0.15, 0.2) is 0 Å². The Hall–Kier alpha value is -2.14. The first kappa shape index (κ1) is 16.2. The number of aryl methyl sites for hydroxylation is 1. The van der Waals surface area contributed by atoms with Gasteiger partial charge in [0, 0.05) is 12.6 Å². The maximum absolute atomic E-state index is 11.6. The van der Waals surface area contributed by atoms with Crippen LogP contribution in [-0.2, 0) is 6.54 Å². The molecule has 2 rings (SSSR count). The number of ether oxygens (including phenoxy) is 1. The first-order chi connectivity index (χ1) is 10.5. The minimum Gasteiger partial charge on any atom is -0.493 e. The molecule has 2 aromatic rings. The van der Waals surface area contributed by atoms with Crippen LogP contribution in [0.3, 0.4) is 0 Å². The molecule has 0 aliphatic rings. The standard InChI is InChI=1S/C17H23N3O2/c1-4-20-16(21)10-9-15(19-20)17(18)13-5-7-14(8-6-13)22-11-12(2)3/h5-10,12,17H,4,11,18H2,1-3H3. The van der Waals surface area contributed by atoms with Gasteiger partial charge < -0.3 is 10.5 Å². The second kappa shape index (κ2) is 7.22. The van der Waals surface area contributed by atoms with Gasteiger partial charge >= 0.3 is 0 Å². The molecule has 0 spiro atoms. The van der Waals surface area contributed by atoms with Crippen LogP contribution < -0.4 is 16.0 Å². The van der Waals surface area contributed by atoms with Gasteiger partial charge in [-0.25, -0.2) is 4.68 Å².